The summed E-state index contributed by atoms with van der Waals surface area (Å²) in [6, 6.07) is 11.6. The molecule has 1 amide bonds. The smallest absolute Gasteiger partial charge is 0.270 e. The number of amides is 1. The first-order valence-electron chi connectivity index (χ1n) is 8.39. The molecule has 140 valence electrons. The second-order valence-electron chi connectivity index (χ2n) is 5.99. The molecule has 1 fully saturated rings. The van der Waals surface area contributed by atoms with Crippen LogP contribution in [-0.4, -0.2) is 16.3 Å². The molecule has 1 aliphatic rings. The standard InChI is InChI=1S/C20H17ClFNO2S2/c1-3-12(2)25-17-7-5-4-6-13(17)10-18-19(24)23(20(26)27-18)14-8-9-16(22)15(21)11-14/h4-12H,3H2,1-2H3. The van der Waals surface area contributed by atoms with Gasteiger partial charge in [0.1, 0.15) is 11.6 Å². The van der Waals surface area contributed by atoms with E-state index < -0.39 is 5.82 Å². The van der Waals surface area contributed by atoms with E-state index in [4.69, 9.17) is 28.6 Å². The Kier molecular flexibility index (Phi) is 6.19. The third-order valence-electron chi connectivity index (χ3n) is 4.06. The summed E-state index contributed by atoms with van der Waals surface area (Å²) in [5, 5.41) is -0.0576. The lowest BCUT2D eigenvalue weighted by atomic mass is 10.1. The number of benzene rings is 2. The number of hydrogen-bond donors (Lipinski definition) is 0. The van der Waals surface area contributed by atoms with Crippen molar-refractivity contribution in [1.82, 2.24) is 0 Å². The van der Waals surface area contributed by atoms with Gasteiger partial charge in [-0.25, -0.2) is 4.39 Å². The van der Waals surface area contributed by atoms with Gasteiger partial charge in [-0.1, -0.05) is 60.7 Å². The molecule has 27 heavy (non-hydrogen) atoms. The molecule has 0 aliphatic carbocycles. The summed E-state index contributed by atoms with van der Waals surface area (Å²) < 4.78 is 19.7. The molecular formula is C20H17ClFNO2S2. The summed E-state index contributed by atoms with van der Waals surface area (Å²) in [6.45, 7) is 4.04. The van der Waals surface area contributed by atoms with E-state index in [1.165, 1.54) is 34.9 Å². The lowest BCUT2D eigenvalue weighted by Crippen LogP contribution is -2.27. The number of rotatable bonds is 5. The molecule has 0 aromatic heterocycles. The number of hydrogen-bond acceptors (Lipinski definition) is 4. The van der Waals surface area contributed by atoms with E-state index in [0.29, 0.717) is 20.7 Å². The van der Waals surface area contributed by atoms with Crippen molar-refractivity contribution >= 4 is 57.6 Å². The zero-order chi connectivity index (χ0) is 19.6. The van der Waals surface area contributed by atoms with Crippen molar-refractivity contribution in [3.8, 4) is 5.75 Å². The average Bonchev–Trinajstić information content (AvgIpc) is 2.92. The summed E-state index contributed by atoms with van der Waals surface area (Å²) in [7, 11) is 0. The molecule has 1 atom stereocenters. The van der Waals surface area contributed by atoms with Gasteiger partial charge >= 0.3 is 0 Å². The van der Waals surface area contributed by atoms with Gasteiger partial charge in [-0.15, -0.1) is 0 Å². The van der Waals surface area contributed by atoms with Crippen molar-refractivity contribution in [2.24, 2.45) is 0 Å². The van der Waals surface area contributed by atoms with Crippen LogP contribution in [-0.2, 0) is 4.79 Å². The summed E-state index contributed by atoms with van der Waals surface area (Å²) in [6.07, 6.45) is 2.71. The molecule has 3 nitrogen and oxygen atoms in total. The fourth-order valence-electron chi connectivity index (χ4n) is 2.46. The van der Waals surface area contributed by atoms with Crippen molar-refractivity contribution in [2.75, 3.05) is 4.90 Å². The van der Waals surface area contributed by atoms with E-state index in [1.807, 2.05) is 38.1 Å². The maximum atomic E-state index is 13.4. The van der Waals surface area contributed by atoms with Crippen LogP contribution in [0.15, 0.2) is 47.4 Å². The van der Waals surface area contributed by atoms with Gasteiger partial charge in [0, 0.05) is 5.56 Å². The van der Waals surface area contributed by atoms with Crippen molar-refractivity contribution in [2.45, 2.75) is 26.4 Å². The van der Waals surface area contributed by atoms with E-state index in [2.05, 4.69) is 0 Å². The highest BCUT2D eigenvalue weighted by molar-refractivity contribution is 8.27. The van der Waals surface area contributed by atoms with E-state index in [0.717, 1.165) is 12.0 Å². The molecule has 3 rings (SSSR count). The number of thiocarbonyl (C=S) groups is 1. The van der Waals surface area contributed by atoms with Crippen LogP contribution in [0.3, 0.4) is 0 Å². The Morgan fingerprint density at radius 3 is 2.78 bits per heavy atom. The lowest BCUT2D eigenvalue weighted by molar-refractivity contribution is -0.113. The van der Waals surface area contributed by atoms with Crippen molar-refractivity contribution in [1.29, 1.82) is 0 Å². The predicted molar refractivity (Wildman–Crippen MR) is 114 cm³/mol. The van der Waals surface area contributed by atoms with Gasteiger partial charge in [0.05, 0.1) is 21.7 Å². The second-order valence-corrected chi connectivity index (χ2v) is 8.07. The molecule has 2 aromatic carbocycles. The van der Waals surface area contributed by atoms with Crippen LogP contribution in [0.1, 0.15) is 25.8 Å². The summed E-state index contributed by atoms with van der Waals surface area (Å²) in [5.74, 6) is -0.106. The molecule has 2 aromatic rings. The SMILES string of the molecule is CCC(C)Oc1ccccc1C=C1SC(=S)N(c2ccc(F)c(Cl)c2)C1=O. The zero-order valence-electron chi connectivity index (χ0n) is 14.7. The highest BCUT2D eigenvalue weighted by atomic mass is 35.5. The highest BCUT2D eigenvalue weighted by Gasteiger charge is 2.33. The summed E-state index contributed by atoms with van der Waals surface area (Å²) in [5.41, 5.74) is 1.24. The monoisotopic (exact) mass is 421 g/mol. The van der Waals surface area contributed by atoms with Crippen LogP contribution in [0.5, 0.6) is 5.75 Å². The van der Waals surface area contributed by atoms with Gasteiger partial charge in [-0.3, -0.25) is 9.69 Å². The number of para-hydroxylation sites is 1. The summed E-state index contributed by atoms with van der Waals surface area (Å²) in [4.78, 5) is 14.7. The van der Waals surface area contributed by atoms with Gasteiger partial charge in [0.15, 0.2) is 4.32 Å². The molecule has 1 aliphatic heterocycles. The normalized spacial score (nSPS) is 16.9. The maximum absolute atomic E-state index is 13.4. The molecule has 1 heterocycles. The van der Waals surface area contributed by atoms with Crippen molar-refractivity contribution in [3.05, 3.63) is 63.8 Å². The molecule has 0 bridgehead atoms. The first-order chi connectivity index (χ1) is 12.9. The van der Waals surface area contributed by atoms with Crippen LogP contribution >= 0.6 is 35.6 Å². The third-order valence-corrected chi connectivity index (χ3v) is 5.66. The molecule has 0 saturated carbocycles. The first-order valence-corrected chi connectivity index (χ1v) is 9.99. The third kappa shape index (κ3) is 4.34. The van der Waals surface area contributed by atoms with Crippen molar-refractivity contribution in [3.63, 3.8) is 0 Å². The first kappa shape index (κ1) is 19.9. The summed E-state index contributed by atoms with van der Waals surface area (Å²) >= 11 is 12.4. The highest BCUT2D eigenvalue weighted by Crippen LogP contribution is 2.38. The molecule has 0 spiro atoms. The number of ether oxygens (including phenoxy) is 1. The Morgan fingerprint density at radius 2 is 2.07 bits per heavy atom. The average molecular weight is 422 g/mol. The van der Waals surface area contributed by atoms with Gasteiger partial charge in [0.2, 0.25) is 0 Å². The zero-order valence-corrected chi connectivity index (χ0v) is 17.1. The van der Waals surface area contributed by atoms with Gasteiger partial charge in [-0.05, 0) is 43.7 Å². The topological polar surface area (TPSA) is 29.5 Å². The van der Waals surface area contributed by atoms with Crippen LogP contribution in [0.4, 0.5) is 10.1 Å². The van der Waals surface area contributed by atoms with Gasteiger partial charge < -0.3 is 4.74 Å². The minimum Gasteiger partial charge on any atom is -0.490 e. The Balaban J connectivity index is 1.92. The number of halogens is 2. The van der Waals surface area contributed by atoms with Crippen LogP contribution in [0, 0.1) is 5.82 Å². The number of anilines is 1. The quantitative estimate of drug-likeness (QED) is 0.433. The van der Waals surface area contributed by atoms with Gasteiger partial charge in [-0.2, -0.15) is 0 Å². The van der Waals surface area contributed by atoms with E-state index in [9.17, 15) is 9.18 Å². The van der Waals surface area contributed by atoms with Crippen molar-refractivity contribution < 1.29 is 13.9 Å². The minimum absolute atomic E-state index is 0.0576. The fraction of sp³-hybridized carbons (Fsp3) is 0.200. The Hall–Kier alpha value is -1.89. The van der Waals surface area contributed by atoms with E-state index >= 15 is 0 Å². The number of carbonyl (C=O) groups is 1. The molecular weight excluding hydrogens is 405 g/mol. The maximum Gasteiger partial charge on any atom is 0.270 e. The van der Waals surface area contributed by atoms with E-state index in [1.54, 1.807) is 6.08 Å². The molecule has 0 radical (unpaired) electrons. The molecule has 1 saturated heterocycles. The van der Waals surface area contributed by atoms with Crippen LogP contribution < -0.4 is 9.64 Å². The molecule has 0 N–H and O–H groups in total. The lowest BCUT2D eigenvalue weighted by Gasteiger charge is -2.15. The van der Waals surface area contributed by atoms with Gasteiger partial charge in [0.25, 0.3) is 5.91 Å². The second kappa shape index (κ2) is 8.42. The molecule has 1 unspecified atom stereocenters. The van der Waals surface area contributed by atoms with Crippen LogP contribution in [0.25, 0.3) is 6.08 Å². The number of nitrogens with zero attached hydrogens (tertiary/aromatic N) is 1. The number of thioether (sulfide) groups is 1. The predicted octanol–water partition coefficient (Wildman–Crippen LogP) is 6.06. The minimum atomic E-state index is -0.544. The Labute approximate surface area is 172 Å². The molecule has 7 heteroatoms. The van der Waals surface area contributed by atoms with Crippen LogP contribution in [0.2, 0.25) is 5.02 Å². The van der Waals surface area contributed by atoms with E-state index in [-0.39, 0.29) is 17.0 Å². The Morgan fingerprint density at radius 1 is 1.33 bits per heavy atom. The fourth-order valence-corrected chi connectivity index (χ4v) is 3.93. The Bertz CT molecular complexity index is 932. The number of carbonyl (C=O) groups excluding carboxylic acids is 1. The largest absolute Gasteiger partial charge is 0.490 e.